The lowest BCUT2D eigenvalue weighted by atomic mass is 10.0. The number of rotatable bonds is 8. The van der Waals surface area contributed by atoms with Crippen LogP contribution in [0, 0.1) is 6.92 Å². The summed E-state index contributed by atoms with van der Waals surface area (Å²) in [7, 11) is 1.23. The van der Waals surface area contributed by atoms with Crippen LogP contribution in [0.3, 0.4) is 0 Å². The zero-order chi connectivity index (χ0) is 24.8. The molecule has 0 fully saturated rings. The van der Waals surface area contributed by atoms with Gasteiger partial charge in [0.25, 0.3) is 0 Å². The quantitative estimate of drug-likeness (QED) is 0.380. The van der Waals surface area contributed by atoms with Crippen molar-refractivity contribution in [2.24, 2.45) is 0 Å². The van der Waals surface area contributed by atoms with Crippen LogP contribution in [0.2, 0.25) is 0 Å². The van der Waals surface area contributed by atoms with Gasteiger partial charge in [0, 0.05) is 12.6 Å². The fraction of sp³-hybridized carbons (Fsp3) is 0.231. The van der Waals surface area contributed by atoms with Gasteiger partial charge in [-0.2, -0.15) is 0 Å². The van der Waals surface area contributed by atoms with Crippen molar-refractivity contribution >= 4 is 29.3 Å². The second-order valence-electron chi connectivity index (χ2n) is 7.60. The van der Waals surface area contributed by atoms with Crippen molar-refractivity contribution in [1.82, 2.24) is 4.98 Å². The largest absolute Gasteiger partial charge is 0.465 e. The highest BCUT2D eigenvalue weighted by atomic mass is 16.5. The van der Waals surface area contributed by atoms with Crippen LogP contribution in [0.4, 0.5) is 5.69 Å². The standard InChI is InChI=1S/C26H26N2O6/c1-5-34-25(31)19-13-18(17-9-7-6-8-10-17)11-12-20(19)27-22(30)14-21-23(26(32)33-4)15(2)24(28-21)16(3)29/h6-13,28H,5,14H2,1-4H3,(H,27,30). The first-order chi connectivity index (χ1) is 16.3. The average Bonchev–Trinajstić information content (AvgIpc) is 3.15. The van der Waals surface area contributed by atoms with Gasteiger partial charge >= 0.3 is 11.9 Å². The number of ether oxygens (including phenoxy) is 2. The number of hydrogen-bond acceptors (Lipinski definition) is 6. The molecule has 0 aliphatic rings. The van der Waals surface area contributed by atoms with E-state index in [4.69, 9.17) is 9.47 Å². The monoisotopic (exact) mass is 462 g/mol. The van der Waals surface area contributed by atoms with Gasteiger partial charge < -0.3 is 19.8 Å². The number of carbonyl (C=O) groups is 4. The Morgan fingerprint density at radius 3 is 2.29 bits per heavy atom. The molecule has 34 heavy (non-hydrogen) atoms. The highest BCUT2D eigenvalue weighted by Gasteiger charge is 2.25. The van der Waals surface area contributed by atoms with Gasteiger partial charge in [-0.05, 0) is 42.7 Å². The molecular weight excluding hydrogens is 436 g/mol. The zero-order valence-corrected chi connectivity index (χ0v) is 19.5. The molecule has 0 unspecified atom stereocenters. The average molecular weight is 463 g/mol. The van der Waals surface area contributed by atoms with Crippen molar-refractivity contribution < 1.29 is 28.7 Å². The number of hydrogen-bond donors (Lipinski definition) is 2. The van der Waals surface area contributed by atoms with Gasteiger partial charge in [0.05, 0.1) is 42.6 Å². The fourth-order valence-corrected chi connectivity index (χ4v) is 3.72. The maximum Gasteiger partial charge on any atom is 0.340 e. The molecule has 0 saturated heterocycles. The maximum atomic E-state index is 12.9. The van der Waals surface area contributed by atoms with Crippen LogP contribution in [0.15, 0.2) is 48.5 Å². The molecular formula is C26H26N2O6. The van der Waals surface area contributed by atoms with Crippen molar-refractivity contribution in [3.63, 3.8) is 0 Å². The predicted octanol–water partition coefficient (Wildman–Crippen LogP) is 4.34. The molecule has 0 bridgehead atoms. The van der Waals surface area contributed by atoms with Crippen molar-refractivity contribution in [3.8, 4) is 11.1 Å². The van der Waals surface area contributed by atoms with E-state index in [-0.39, 0.29) is 47.0 Å². The molecule has 0 atom stereocenters. The summed E-state index contributed by atoms with van der Waals surface area (Å²) in [6, 6.07) is 14.6. The number of methoxy groups -OCH3 is 1. The lowest BCUT2D eigenvalue weighted by molar-refractivity contribution is -0.115. The summed E-state index contributed by atoms with van der Waals surface area (Å²) in [6.45, 7) is 4.86. The SMILES string of the molecule is CCOC(=O)c1cc(-c2ccccc2)ccc1NC(=O)Cc1[nH]c(C(C)=O)c(C)c1C(=O)OC. The number of aromatic nitrogens is 1. The van der Waals surface area contributed by atoms with E-state index in [1.165, 1.54) is 14.0 Å². The molecule has 0 radical (unpaired) electrons. The Morgan fingerprint density at radius 1 is 0.971 bits per heavy atom. The lowest BCUT2D eigenvalue weighted by Crippen LogP contribution is -2.19. The third-order valence-electron chi connectivity index (χ3n) is 5.30. The van der Waals surface area contributed by atoms with Gasteiger partial charge in [0.1, 0.15) is 0 Å². The second kappa shape index (κ2) is 10.6. The minimum Gasteiger partial charge on any atom is -0.465 e. The molecule has 1 amide bonds. The molecule has 2 N–H and O–H groups in total. The Labute approximate surface area is 197 Å². The summed E-state index contributed by atoms with van der Waals surface area (Å²) < 4.78 is 10.00. The third kappa shape index (κ3) is 5.23. The van der Waals surface area contributed by atoms with Crippen LogP contribution in [-0.4, -0.2) is 42.3 Å². The maximum absolute atomic E-state index is 12.9. The number of ketones is 1. The highest BCUT2D eigenvalue weighted by Crippen LogP contribution is 2.27. The molecule has 8 nitrogen and oxygen atoms in total. The van der Waals surface area contributed by atoms with Crippen LogP contribution >= 0.6 is 0 Å². The first-order valence-electron chi connectivity index (χ1n) is 10.7. The number of nitrogens with one attached hydrogen (secondary N) is 2. The molecule has 1 heterocycles. The molecule has 0 aliphatic heterocycles. The fourth-order valence-electron chi connectivity index (χ4n) is 3.72. The Bertz CT molecular complexity index is 1240. The summed E-state index contributed by atoms with van der Waals surface area (Å²) in [5, 5.41) is 2.72. The third-order valence-corrected chi connectivity index (χ3v) is 5.30. The number of aromatic amines is 1. The van der Waals surface area contributed by atoms with Crippen LogP contribution < -0.4 is 5.32 Å². The second-order valence-corrected chi connectivity index (χ2v) is 7.60. The van der Waals surface area contributed by atoms with E-state index in [2.05, 4.69) is 10.3 Å². The first-order valence-corrected chi connectivity index (χ1v) is 10.7. The lowest BCUT2D eigenvalue weighted by Gasteiger charge is -2.13. The van der Waals surface area contributed by atoms with E-state index in [0.717, 1.165) is 11.1 Å². The number of anilines is 1. The summed E-state index contributed by atoms with van der Waals surface area (Å²) in [5.74, 6) is -1.97. The zero-order valence-electron chi connectivity index (χ0n) is 19.5. The van der Waals surface area contributed by atoms with Gasteiger partial charge in [-0.15, -0.1) is 0 Å². The van der Waals surface area contributed by atoms with Gasteiger partial charge in [-0.3, -0.25) is 9.59 Å². The van der Waals surface area contributed by atoms with Crippen molar-refractivity contribution in [1.29, 1.82) is 0 Å². The molecule has 1 aromatic heterocycles. The first kappa shape index (κ1) is 24.4. The number of H-pyrrole nitrogens is 1. The highest BCUT2D eigenvalue weighted by molar-refractivity contribution is 6.05. The number of Topliss-reactive ketones (excluding diaryl/α,β-unsaturated/α-hetero) is 1. The predicted molar refractivity (Wildman–Crippen MR) is 127 cm³/mol. The van der Waals surface area contributed by atoms with E-state index in [9.17, 15) is 19.2 Å². The van der Waals surface area contributed by atoms with E-state index >= 15 is 0 Å². The van der Waals surface area contributed by atoms with Crippen molar-refractivity contribution in [2.75, 3.05) is 19.0 Å². The molecule has 176 valence electrons. The summed E-state index contributed by atoms with van der Waals surface area (Å²) in [5.41, 5.74) is 3.24. The summed E-state index contributed by atoms with van der Waals surface area (Å²) in [6.07, 6.45) is -0.235. The minimum atomic E-state index is -0.650. The van der Waals surface area contributed by atoms with Crippen LogP contribution in [0.25, 0.3) is 11.1 Å². The van der Waals surface area contributed by atoms with Crippen molar-refractivity contribution in [3.05, 3.63) is 76.6 Å². The number of esters is 2. The molecule has 8 heteroatoms. The number of benzene rings is 2. The summed E-state index contributed by atoms with van der Waals surface area (Å²) in [4.78, 5) is 52.6. The van der Waals surface area contributed by atoms with E-state index < -0.39 is 17.8 Å². The Kier molecular flexibility index (Phi) is 7.63. The van der Waals surface area contributed by atoms with E-state index in [1.54, 1.807) is 32.0 Å². The Morgan fingerprint density at radius 2 is 1.68 bits per heavy atom. The number of carbonyl (C=O) groups excluding carboxylic acids is 4. The van der Waals surface area contributed by atoms with E-state index in [1.807, 2.05) is 30.3 Å². The smallest absolute Gasteiger partial charge is 0.340 e. The van der Waals surface area contributed by atoms with Gasteiger partial charge in [0.2, 0.25) is 5.91 Å². The molecule has 0 spiro atoms. The van der Waals surface area contributed by atoms with Gasteiger partial charge in [-0.1, -0.05) is 36.4 Å². The molecule has 3 aromatic rings. The molecule has 2 aromatic carbocycles. The van der Waals surface area contributed by atoms with E-state index in [0.29, 0.717) is 5.56 Å². The Balaban J connectivity index is 1.93. The summed E-state index contributed by atoms with van der Waals surface area (Å²) >= 11 is 0. The number of amides is 1. The normalized spacial score (nSPS) is 10.5. The van der Waals surface area contributed by atoms with Gasteiger partial charge in [0.15, 0.2) is 5.78 Å². The Hall–Kier alpha value is -4.20. The molecule has 0 aliphatic carbocycles. The van der Waals surface area contributed by atoms with Crippen molar-refractivity contribution in [2.45, 2.75) is 27.2 Å². The molecule has 0 saturated carbocycles. The molecule has 3 rings (SSSR count). The van der Waals surface area contributed by atoms with Crippen LogP contribution in [0.1, 0.15) is 56.3 Å². The van der Waals surface area contributed by atoms with Gasteiger partial charge in [-0.25, -0.2) is 9.59 Å². The van der Waals surface area contributed by atoms with Crippen LogP contribution in [-0.2, 0) is 20.7 Å². The minimum absolute atomic E-state index is 0.146. The van der Waals surface area contributed by atoms with Crippen LogP contribution in [0.5, 0.6) is 0 Å². The topological polar surface area (TPSA) is 115 Å².